The van der Waals surface area contributed by atoms with Crippen molar-refractivity contribution >= 4 is 17.7 Å². The van der Waals surface area contributed by atoms with Crippen LogP contribution < -0.4 is 10.4 Å². The van der Waals surface area contributed by atoms with Crippen molar-refractivity contribution in [2.24, 2.45) is 0 Å². The summed E-state index contributed by atoms with van der Waals surface area (Å²) >= 11 is 1.66. The standard InChI is InChI=1S/C6H11NO2S/c1-6(2)7-4(3-10-6)5(8)9/h4,7H,3H2,1-2H3,(H,8,9)/t4-/m1/s1. The van der Waals surface area contributed by atoms with Gasteiger partial charge in [-0.3, -0.25) is 0 Å². The number of hydrogen-bond donors (Lipinski definition) is 1. The molecule has 0 aliphatic carbocycles. The molecule has 4 heteroatoms. The van der Waals surface area contributed by atoms with E-state index >= 15 is 0 Å². The summed E-state index contributed by atoms with van der Waals surface area (Å²) in [6.07, 6.45) is 0. The van der Waals surface area contributed by atoms with Gasteiger partial charge in [0.15, 0.2) is 0 Å². The molecule has 0 spiro atoms. The minimum atomic E-state index is -0.946. The lowest BCUT2D eigenvalue weighted by atomic mass is 10.3. The Labute approximate surface area is 64.2 Å². The maximum atomic E-state index is 10.3. The first-order valence-corrected chi connectivity index (χ1v) is 4.21. The molecule has 0 bridgehead atoms. The van der Waals surface area contributed by atoms with Gasteiger partial charge in [0.2, 0.25) is 0 Å². The van der Waals surface area contributed by atoms with Gasteiger partial charge in [-0.25, -0.2) is 0 Å². The van der Waals surface area contributed by atoms with E-state index in [9.17, 15) is 9.90 Å². The molecule has 58 valence electrons. The molecule has 0 aromatic carbocycles. The van der Waals surface area contributed by atoms with Crippen molar-refractivity contribution in [3.8, 4) is 0 Å². The van der Waals surface area contributed by atoms with E-state index in [4.69, 9.17) is 0 Å². The van der Waals surface area contributed by atoms with Gasteiger partial charge in [0.05, 0.1) is 5.75 Å². The molecule has 0 radical (unpaired) electrons. The first kappa shape index (κ1) is 7.88. The molecule has 1 aliphatic heterocycles. The summed E-state index contributed by atoms with van der Waals surface area (Å²) in [4.78, 5) is 10.4. The molecule has 0 aromatic rings. The molecule has 0 unspecified atom stereocenters. The van der Waals surface area contributed by atoms with Crippen LogP contribution in [0.3, 0.4) is 0 Å². The fourth-order valence-corrected chi connectivity index (χ4v) is 2.12. The van der Waals surface area contributed by atoms with E-state index in [1.165, 1.54) is 0 Å². The number of carboxylic acids is 1. The van der Waals surface area contributed by atoms with Crippen molar-refractivity contribution < 1.29 is 15.2 Å². The lowest BCUT2D eigenvalue weighted by molar-refractivity contribution is -0.710. The molecule has 1 fully saturated rings. The number of carbonyl (C=O) groups is 1. The fraction of sp³-hybridized carbons (Fsp3) is 0.833. The third-order valence-electron chi connectivity index (χ3n) is 1.54. The van der Waals surface area contributed by atoms with Crippen molar-refractivity contribution in [1.29, 1.82) is 0 Å². The van der Waals surface area contributed by atoms with E-state index in [0.29, 0.717) is 5.75 Å². The highest BCUT2D eigenvalue weighted by molar-refractivity contribution is 8.00. The summed E-state index contributed by atoms with van der Waals surface area (Å²) in [6, 6.07) is -0.347. The van der Waals surface area contributed by atoms with Crippen LogP contribution in [0.25, 0.3) is 0 Å². The fourth-order valence-electron chi connectivity index (χ4n) is 1.02. The maximum absolute atomic E-state index is 10.3. The zero-order chi connectivity index (χ0) is 7.78. The van der Waals surface area contributed by atoms with Crippen LogP contribution in [-0.2, 0) is 4.79 Å². The summed E-state index contributed by atoms with van der Waals surface area (Å²) in [5, 5.41) is 12.2. The van der Waals surface area contributed by atoms with E-state index in [1.807, 2.05) is 19.2 Å². The monoisotopic (exact) mass is 161 g/mol. The van der Waals surface area contributed by atoms with Crippen molar-refractivity contribution in [3.63, 3.8) is 0 Å². The number of rotatable bonds is 1. The van der Waals surface area contributed by atoms with Crippen LogP contribution in [0.1, 0.15) is 13.8 Å². The number of carbonyl (C=O) groups excluding carboxylic acids is 1. The summed E-state index contributed by atoms with van der Waals surface area (Å²) < 4.78 is 0. The van der Waals surface area contributed by atoms with Crippen LogP contribution in [0, 0.1) is 0 Å². The van der Waals surface area contributed by atoms with Gasteiger partial charge in [-0.2, -0.15) is 0 Å². The Morgan fingerprint density at radius 2 is 2.40 bits per heavy atom. The van der Waals surface area contributed by atoms with Crippen LogP contribution in [0.5, 0.6) is 0 Å². The third kappa shape index (κ3) is 1.64. The molecule has 1 heterocycles. The van der Waals surface area contributed by atoms with Crippen LogP contribution in [-0.4, -0.2) is 22.6 Å². The molecule has 0 aromatic heterocycles. The Morgan fingerprint density at radius 1 is 1.80 bits per heavy atom. The zero-order valence-electron chi connectivity index (χ0n) is 6.09. The van der Waals surface area contributed by atoms with Gasteiger partial charge in [-0.05, 0) is 0 Å². The van der Waals surface area contributed by atoms with E-state index in [1.54, 1.807) is 11.8 Å². The smallest absolute Gasteiger partial charge is 0.137 e. The first-order valence-electron chi connectivity index (χ1n) is 3.22. The van der Waals surface area contributed by atoms with Gasteiger partial charge in [-0.15, -0.1) is 0 Å². The predicted molar refractivity (Wildman–Crippen MR) is 37.3 cm³/mol. The van der Waals surface area contributed by atoms with E-state index in [-0.39, 0.29) is 10.9 Å². The summed E-state index contributed by atoms with van der Waals surface area (Å²) in [5.74, 6) is -0.284. The highest BCUT2D eigenvalue weighted by Crippen LogP contribution is 2.21. The van der Waals surface area contributed by atoms with Crippen LogP contribution in [0.4, 0.5) is 0 Å². The van der Waals surface area contributed by atoms with E-state index in [0.717, 1.165) is 0 Å². The van der Waals surface area contributed by atoms with E-state index in [2.05, 4.69) is 0 Å². The minimum absolute atomic E-state index is 0.0186. The Hall–Kier alpha value is -0.220. The Balaban J connectivity index is 2.51. The second kappa shape index (κ2) is 2.43. The van der Waals surface area contributed by atoms with Gasteiger partial charge >= 0.3 is 0 Å². The quantitative estimate of drug-likeness (QED) is 0.491. The summed E-state index contributed by atoms with van der Waals surface area (Å²) in [6.45, 7) is 4.03. The average molecular weight is 161 g/mol. The van der Waals surface area contributed by atoms with Crippen LogP contribution >= 0.6 is 11.8 Å². The summed E-state index contributed by atoms with van der Waals surface area (Å²) in [5.41, 5.74) is 0. The summed E-state index contributed by atoms with van der Waals surface area (Å²) in [7, 11) is 0. The van der Waals surface area contributed by atoms with Gasteiger partial charge in [0.25, 0.3) is 0 Å². The SMILES string of the molecule is CC1(C)[NH2+][C@@H](C(=O)[O-])CS1. The number of nitrogens with two attached hydrogens (primary N) is 1. The lowest BCUT2D eigenvalue weighted by Gasteiger charge is -2.15. The third-order valence-corrected chi connectivity index (χ3v) is 2.95. The molecular formula is C6H11NO2S. The predicted octanol–water partition coefficient (Wildman–Crippen LogP) is -1.85. The van der Waals surface area contributed by atoms with Crippen LogP contribution in [0.2, 0.25) is 0 Å². The van der Waals surface area contributed by atoms with E-state index < -0.39 is 5.97 Å². The molecule has 3 nitrogen and oxygen atoms in total. The highest BCUT2D eigenvalue weighted by Gasteiger charge is 2.35. The Bertz CT molecular complexity index is 158. The Kier molecular flexibility index (Phi) is 1.92. The minimum Gasteiger partial charge on any atom is -0.544 e. The largest absolute Gasteiger partial charge is 0.544 e. The normalized spacial score (nSPS) is 30.4. The molecule has 1 saturated heterocycles. The molecule has 10 heavy (non-hydrogen) atoms. The molecule has 1 aliphatic rings. The average Bonchev–Trinajstić information content (AvgIpc) is 2.10. The van der Waals surface area contributed by atoms with Gasteiger partial charge in [0, 0.05) is 13.8 Å². The lowest BCUT2D eigenvalue weighted by Crippen LogP contribution is -2.98. The van der Waals surface area contributed by atoms with Crippen molar-refractivity contribution in [1.82, 2.24) is 0 Å². The second-order valence-electron chi connectivity index (χ2n) is 3.01. The number of thioether (sulfide) groups is 1. The van der Waals surface area contributed by atoms with Gasteiger partial charge in [-0.1, -0.05) is 11.8 Å². The van der Waals surface area contributed by atoms with Crippen molar-refractivity contribution in [2.75, 3.05) is 5.75 Å². The van der Waals surface area contributed by atoms with Crippen LogP contribution in [0.15, 0.2) is 0 Å². The van der Waals surface area contributed by atoms with Gasteiger partial charge < -0.3 is 15.2 Å². The zero-order valence-corrected chi connectivity index (χ0v) is 6.90. The topological polar surface area (TPSA) is 56.7 Å². The van der Waals surface area contributed by atoms with Crippen molar-refractivity contribution in [3.05, 3.63) is 0 Å². The molecule has 1 rings (SSSR count). The first-order chi connectivity index (χ1) is 4.51. The molecular weight excluding hydrogens is 150 g/mol. The number of hydrogen-bond acceptors (Lipinski definition) is 3. The molecule has 1 atom stereocenters. The molecule has 0 saturated carbocycles. The number of aliphatic carboxylic acids is 1. The number of quaternary nitrogens is 1. The van der Waals surface area contributed by atoms with Gasteiger partial charge in [0.1, 0.15) is 16.9 Å². The molecule has 2 N–H and O–H groups in total. The maximum Gasteiger partial charge on any atom is 0.137 e. The number of carboxylic acid groups (broad SMARTS) is 1. The highest BCUT2D eigenvalue weighted by atomic mass is 32.2. The Morgan fingerprint density at radius 3 is 2.60 bits per heavy atom. The second-order valence-corrected chi connectivity index (χ2v) is 4.68. The van der Waals surface area contributed by atoms with Crippen molar-refractivity contribution in [2.45, 2.75) is 24.8 Å². The molecule has 0 amide bonds.